The average Bonchev–Trinajstić information content (AvgIpc) is 3.03. The molecular weight excluding hydrogens is 274 g/mol. The smallest absolute Gasteiger partial charge is 0.338 e. The lowest BCUT2D eigenvalue weighted by Gasteiger charge is -2.11. The second kappa shape index (κ2) is 5.32. The molecule has 1 aromatic carbocycles. The number of rotatable bonds is 3. The average molecular weight is 287 g/mol. The van der Waals surface area contributed by atoms with E-state index >= 15 is 0 Å². The van der Waals surface area contributed by atoms with Gasteiger partial charge >= 0.3 is 5.97 Å². The van der Waals surface area contributed by atoms with Crippen LogP contribution in [0.3, 0.4) is 0 Å². The number of pyridine rings is 1. The van der Waals surface area contributed by atoms with E-state index in [-0.39, 0.29) is 6.79 Å². The first-order valence-electron chi connectivity index (χ1n) is 6.25. The summed E-state index contributed by atoms with van der Waals surface area (Å²) >= 11 is 0. The van der Waals surface area contributed by atoms with Crippen LogP contribution >= 0.6 is 0 Å². The summed E-state index contributed by atoms with van der Waals surface area (Å²) in [5.41, 5.74) is 1.74. The fourth-order valence-corrected chi connectivity index (χ4v) is 2.24. The van der Waals surface area contributed by atoms with Crippen LogP contribution in [-0.4, -0.2) is 32.0 Å². The van der Waals surface area contributed by atoms with Gasteiger partial charge in [0.2, 0.25) is 12.5 Å². The van der Waals surface area contributed by atoms with Gasteiger partial charge in [0.1, 0.15) is 0 Å². The molecule has 0 saturated heterocycles. The number of nitrogens with zero attached hydrogens (tertiary/aromatic N) is 1. The van der Waals surface area contributed by atoms with Crippen LogP contribution in [0.1, 0.15) is 10.4 Å². The van der Waals surface area contributed by atoms with Gasteiger partial charge in [0, 0.05) is 23.5 Å². The molecule has 2 heterocycles. The van der Waals surface area contributed by atoms with E-state index in [1.807, 2.05) is 0 Å². The molecule has 21 heavy (non-hydrogen) atoms. The number of ether oxygens (including phenoxy) is 4. The SMILES string of the molecule is COC(=O)c1ccncc1-c1ccc(OC)c2c1OCO2. The molecule has 0 spiro atoms. The second-order valence-electron chi connectivity index (χ2n) is 4.29. The summed E-state index contributed by atoms with van der Waals surface area (Å²) in [6.07, 6.45) is 3.13. The minimum atomic E-state index is -0.434. The molecule has 6 nitrogen and oxygen atoms in total. The van der Waals surface area contributed by atoms with E-state index < -0.39 is 5.97 Å². The minimum Gasteiger partial charge on any atom is -0.493 e. The highest BCUT2D eigenvalue weighted by atomic mass is 16.7. The number of carbonyl (C=O) groups excluding carboxylic acids is 1. The standard InChI is InChI=1S/C15H13NO5/c1-18-12-4-3-9(13-14(12)21-8-20-13)11-7-16-6-5-10(11)15(17)19-2/h3-7H,8H2,1-2H3. The van der Waals surface area contributed by atoms with Crippen LogP contribution in [-0.2, 0) is 4.74 Å². The molecule has 2 aromatic rings. The molecule has 0 saturated carbocycles. The van der Waals surface area contributed by atoms with Gasteiger partial charge in [-0.2, -0.15) is 0 Å². The van der Waals surface area contributed by atoms with Gasteiger partial charge < -0.3 is 18.9 Å². The number of esters is 1. The summed E-state index contributed by atoms with van der Waals surface area (Å²) in [4.78, 5) is 16.0. The van der Waals surface area contributed by atoms with E-state index in [0.29, 0.717) is 33.9 Å². The first-order valence-corrected chi connectivity index (χ1v) is 6.25. The van der Waals surface area contributed by atoms with Crippen LogP contribution in [0.5, 0.6) is 17.2 Å². The molecule has 1 aliphatic heterocycles. The molecule has 108 valence electrons. The lowest BCUT2D eigenvalue weighted by molar-refractivity contribution is 0.0601. The lowest BCUT2D eigenvalue weighted by Crippen LogP contribution is -2.04. The summed E-state index contributed by atoms with van der Waals surface area (Å²) < 4.78 is 21.0. The van der Waals surface area contributed by atoms with Crippen molar-refractivity contribution in [2.75, 3.05) is 21.0 Å². The van der Waals surface area contributed by atoms with Crippen molar-refractivity contribution in [2.24, 2.45) is 0 Å². The number of benzene rings is 1. The summed E-state index contributed by atoms with van der Waals surface area (Å²) in [6, 6.07) is 5.17. The van der Waals surface area contributed by atoms with Crippen LogP contribution in [0, 0.1) is 0 Å². The molecule has 0 aliphatic carbocycles. The van der Waals surface area contributed by atoms with Gasteiger partial charge in [-0.05, 0) is 18.2 Å². The highest BCUT2D eigenvalue weighted by Crippen LogP contribution is 2.47. The molecule has 0 bridgehead atoms. The Labute approximate surface area is 121 Å². The fourth-order valence-electron chi connectivity index (χ4n) is 2.24. The Morgan fingerprint density at radius 2 is 1.95 bits per heavy atom. The predicted molar refractivity (Wildman–Crippen MR) is 73.7 cm³/mol. The van der Waals surface area contributed by atoms with Gasteiger partial charge in [-0.25, -0.2) is 4.79 Å². The van der Waals surface area contributed by atoms with E-state index in [4.69, 9.17) is 18.9 Å². The van der Waals surface area contributed by atoms with E-state index in [2.05, 4.69) is 4.98 Å². The van der Waals surface area contributed by atoms with Crippen LogP contribution in [0.2, 0.25) is 0 Å². The minimum absolute atomic E-state index is 0.108. The van der Waals surface area contributed by atoms with Crippen molar-refractivity contribution in [3.8, 4) is 28.4 Å². The molecule has 0 radical (unpaired) electrons. The molecular formula is C15H13NO5. The first kappa shape index (κ1) is 13.2. The monoisotopic (exact) mass is 287 g/mol. The summed E-state index contributed by atoms with van der Waals surface area (Å²) in [6.45, 7) is 0.108. The third-order valence-corrected chi connectivity index (χ3v) is 3.22. The van der Waals surface area contributed by atoms with Gasteiger partial charge in [-0.3, -0.25) is 4.98 Å². The number of hydrogen-bond acceptors (Lipinski definition) is 6. The lowest BCUT2D eigenvalue weighted by atomic mass is 10.0. The van der Waals surface area contributed by atoms with Crippen molar-refractivity contribution < 1.29 is 23.7 Å². The maximum Gasteiger partial charge on any atom is 0.338 e. The van der Waals surface area contributed by atoms with Gasteiger partial charge in [0.05, 0.1) is 19.8 Å². The summed E-state index contributed by atoms with van der Waals surface area (Å²) in [5.74, 6) is 1.20. The highest BCUT2D eigenvalue weighted by molar-refractivity contribution is 5.98. The zero-order valence-electron chi connectivity index (χ0n) is 11.6. The van der Waals surface area contributed by atoms with Gasteiger partial charge in [0.15, 0.2) is 11.5 Å². The quantitative estimate of drug-likeness (QED) is 0.807. The van der Waals surface area contributed by atoms with Crippen molar-refractivity contribution in [3.05, 3.63) is 36.2 Å². The van der Waals surface area contributed by atoms with Crippen molar-refractivity contribution in [2.45, 2.75) is 0 Å². The number of carbonyl (C=O) groups is 1. The molecule has 1 aromatic heterocycles. The molecule has 0 atom stereocenters. The normalized spacial score (nSPS) is 12.1. The molecule has 3 rings (SSSR count). The van der Waals surface area contributed by atoms with E-state index in [0.717, 1.165) is 0 Å². The maximum absolute atomic E-state index is 11.9. The van der Waals surface area contributed by atoms with Gasteiger partial charge in [-0.15, -0.1) is 0 Å². The Morgan fingerprint density at radius 1 is 1.14 bits per heavy atom. The number of hydrogen-bond donors (Lipinski definition) is 0. The number of methoxy groups -OCH3 is 2. The highest BCUT2D eigenvalue weighted by Gasteiger charge is 2.25. The zero-order valence-corrected chi connectivity index (χ0v) is 11.6. The zero-order chi connectivity index (χ0) is 14.8. The van der Waals surface area contributed by atoms with Crippen molar-refractivity contribution in [3.63, 3.8) is 0 Å². The van der Waals surface area contributed by atoms with Crippen LogP contribution < -0.4 is 14.2 Å². The molecule has 0 fully saturated rings. The van der Waals surface area contributed by atoms with Crippen molar-refractivity contribution in [1.82, 2.24) is 4.98 Å². The largest absolute Gasteiger partial charge is 0.493 e. The number of fused-ring (bicyclic) bond motifs is 1. The first-order chi connectivity index (χ1) is 10.3. The Hall–Kier alpha value is -2.76. The fraction of sp³-hybridized carbons (Fsp3) is 0.200. The van der Waals surface area contributed by atoms with E-state index in [1.165, 1.54) is 13.3 Å². The second-order valence-corrected chi connectivity index (χ2v) is 4.29. The van der Waals surface area contributed by atoms with Crippen LogP contribution in [0.15, 0.2) is 30.6 Å². The van der Waals surface area contributed by atoms with Crippen molar-refractivity contribution in [1.29, 1.82) is 0 Å². The summed E-state index contributed by atoms with van der Waals surface area (Å²) in [7, 11) is 2.89. The molecule has 0 amide bonds. The summed E-state index contributed by atoms with van der Waals surface area (Å²) in [5, 5.41) is 0. The van der Waals surface area contributed by atoms with Crippen LogP contribution in [0.25, 0.3) is 11.1 Å². The Kier molecular flexibility index (Phi) is 3.35. The molecule has 0 N–H and O–H groups in total. The Morgan fingerprint density at radius 3 is 2.71 bits per heavy atom. The topological polar surface area (TPSA) is 66.9 Å². The van der Waals surface area contributed by atoms with E-state index in [1.54, 1.807) is 31.5 Å². The number of aromatic nitrogens is 1. The third-order valence-electron chi connectivity index (χ3n) is 3.22. The predicted octanol–water partition coefficient (Wildman–Crippen LogP) is 2.27. The van der Waals surface area contributed by atoms with E-state index in [9.17, 15) is 4.79 Å². The Balaban J connectivity index is 2.19. The van der Waals surface area contributed by atoms with Crippen LogP contribution in [0.4, 0.5) is 0 Å². The molecule has 6 heteroatoms. The molecule has 0 unspecified atom stereocenters. The van der Waals surface area contributed by atoms with Gasteiger partial charge in [0.25, 0.3) is 0 Å². The Bertz CT molecular complexity index is 698. The van der Waals surface area contributed by atoms with Gasteiger partial charge in [-0.1, -0.05) is 0 Å². The maximum atomic E-state index is 11.9. The van der Waals surface area contributed by atoms with Crippen molar-refractivity contribution >= 4 is 5.97 Å². The molecule has 1 aliphatic rings. The third kappa shape index (κ3) is 2.14.